The first-order valence-corrected chi connectivity index (χ1v) is 8.31. The number of hydrogen-bond donors (Lipinski definition) is 2. The molecule has 0 spiro atoms. The van der Waals surface area contributed by atoms with Crippen molar-refractivity contribution >= 4 is 33.2 Å². The lowest BCUT2D eigenvalue weighted by Gasteiger charge is -2.15. The van der Waals surface area contributed by atoms with E-state index >= 15 is 0 Å². The Morgan fingerprint density at radius 3 is 2.72 bits per heavy atom. The Bertz CT molecular complexity index is 782. The monoisotopic (exact) mass is 407 g/mol. The summed E-state index contributed by atoms with van der Waals surface area (Å²) in [7, 11) is 1.60. The zero-order chi connectivity index (χ0) is 18.4. The van der Waals surface area contributed by atoms with Gasteiger partial charge >= 0.3 is 0 Å². The van der Waals surface area contributed by atoms with Gasteiger partial charge in [-0.3, -0.25) is 14.9 Å². The Morgan fingerprint density at radius 2 is 2.08 bits per heavy atom. The first kappa shape index (κ1) is 18.9. The highest BCUT2D eigenvalue weighted by Crippen LogP contribution is 2.27. The Morgan fingerprint density at radius 1 is 1.32 bits per heavy atom. The molecule has 0 aliphatic rings. The Hall–Kier alpha value is -2.45. The molecular weight excluding hydrogens is 390 g/mol. The number of ether oxygens (including phenoxy) is 1. The fourth-order valence-corrected chi connectivity index (χ4v) is 2.78. The highest BCUT2D eigenvalue weighted by Gasteiger charge is 2.11. The minimum absolute atomic E-state index is 0.0573. The molecule has 0 aliphatic heterocycles. The molecular formula is C17H18BrN3O4. The van der Waals surface area contributed by atoms with Crippen LogP contribution in [0.25, 0.3) is 0 Å². The van der Waals surface area contributed by atoms with Gasteiger partial charge < -0.3 is 15.4 Å². The van der Waals surface area contributed by atoms with Crippen molar-refractivity contribution in [3.8, 4) is 5.75 Å². The van der Waals surface area contributed by atoms with Crippen LogP contribution in [0.2, 0.25) is 0 Å². The summed E-state index contributed by atoms with van der Waals surface area (Å²) in [6, 6.07) is 11.5. The minimum Gasteiger partial charge on any atom is -0.496 e. The van der Waals surface area contributed by atoms with Gasteiger partial charge in [0.05, 0.1) is 23.1 Å². The van der Waals surface area contributed by atoms with Crippen molar-refractivity contribution in [2.75, 3.05) is 19.0 Å². The third-order valence-electron chi connectivity index (χ3n) is 3.59. The second kappa shape index (κ2) is 8.59. The van der Waals surface area contributed by atoms with Crippen LogP contribution in [-0.2, 0) is 4.79 Å². The van der Waals surface area contributed by atoms with Crippen LogP contribution >= 0.6 is 15.9 Å². The van der Waals surface area contributed by atoms with Crippen molar-refractivity contribution in [3.63, 3.8) is 0 Å². The van der Waals surface area contributed by atoms with Crippen LogP contribution in [0.15, 0.2) is 46.9 Å². The molecule has 0 fully saturated rings. The van der Waals surface area contributed by atoms with Gasteiger partial charge in [0.1, 0.15) is 5.75 Å². The fourth-order valence-electron chi connectivity index (χ4n) is 2.22. The number of rotatable bonds is 7. The number of nitro groups is 1. The van der Waals surface area contributed by atoms with E-state index in [9.17, 15) is 14.9 Å². The zero-order valence-electron chi connectivity index (χ0n) is 13.8. The number of nitro benzene ring substituents is 1. The lowest BCUT2D eigenvalue weighted by Crippen LogP contribution is -2.30. The third kappa shape index (κ3) is 5.27. The average molecular weight is 408 g/mol. The summed E-state index contributed by atoms with van der Waals surface area (Å²) >= 11 is 3.43. The predicted molar refractivity (Wildman–Crippen MR) is 98.8 cm³/mol. The molecule has 0 aliphatic carbocycles. The standard InChI is InChI=1S/C17H18BrN3O4/c1-11(12-6-7-16(25-2)15(18)8-12)19-10-17(22)20-13-4-3-5-14(9-13)21(23)24/h3-9,11,19H,10H2,1-2H3,(H,20,22)/t11-/m0/s1. The van der Waals surface area contributed by atoms with Gasteiger partial charge in [0.25, 0.3) is 5.69 Å². The molecule has 7 nitrogen and oxygen atoms in total. The van der Waals surface area contributed by atoms with Crippen LogP contribution < -0.4 is 15.4 Å². The number of halogens is 1. The van der Waals surface area contributed by atoms with Crippen LogP contribution in [0.5, 0.6) is 5.75 Å². The van der Waals surface area contributed by atoms with E-state index < -0.39 is 4.92 Å². The van der Waals surface area contributed by atoms with E-state index in [4.69, 9.17) is 4.74 Å². The molecule has 2 rings (SSSR count). The molecule has 0 radical (unpaired) electrons. The number of benzene rings is 2. The number of hydrogen-bond acceptors (Lipinski definition) is 5. The Kier molecular flexibility index (Phi) is 6.49. The van der Waals surface area contributed by atoms with Crippen molar-refractivity contribution < 1.29 is 14.5 Å². The van der Waals surface area contributed by atoms with Crippen molar-refractivity contribution in [2.45, 2.75) is 13.0 Å². The third-order valence-corrected chi connectivity index (χ3v) is 4.21. The summed E-state index contributed by atoms with van der Waals surface area (Å²) in [4.78, 5) is 22.3. The van der Waals surface area contributed by atoms with E-state index in [1.165, 1.54) is 18.2 Å². The van der Waals surface area contributed by atoms with Gasteiger partial charge in [0, 0.05) is 23.9 Å². The van der Waals surface area contributed by atoms with Gasteiger partial charge in [-0.2, -0.15) is 0 Å². The van der Waals surface area contributed by atoms with Crippen LogP contribution in [0.3, 0.4) is 0 Å². The maximum absolute atomic E-state index is 12.0. The second-order valence-corrected chi connectivity index (χ2v) is 6.21. The largest absolute Gasteiger partial charge is 0.496 e. The number of nitrogens with zero attached hydrogens (tertiary/aromatic N) is 1. The summed E-state index contributed by atoms with van der Waals surface area (Å²) in [5.74, 6) is 0.458. The number of anilines is 1. The maximum Gasteiger partial charge on any atom is 0.271 e. The quantitative estimate of drug-likeness (QED) is 0.539. The molecule has 0 bridgehead atoms. The van der Waals surface area contributed by atoms with E-state index in [1.807, 2.05) is 25.1 Å². The van der Waals surface area contributed by atoms with Crippen molar-refractivity contribution in [1.29, 1.82) is 0 Å². The summed E-state index contributed by atoms with van der Waals surface area (Å²) in [5, 5.41) is 16.5. The molecule has 8 heteroatoms. The Balaban J connectivity index is 1.92. The van der Waals surface area contributed by atoms with E-state index in [-0.39, 0.29) is 24.2 Å². The second-order valence-electron chi connectivity index (χ2n) is 5.35. The highest BCUT2D eigenvalue weighted by atomic mass is 79.9. The lowest BCUT2D eigenvalue weighted by atomic mass is 10.1. The fraction of sp³-hybridized carbons (Fsp3) is 0.235. The number of carbonyl (C=O) groups is 1. The van der Waals surface area contributed by atoms with E-state index in [2.05, 4.69) is 26.6 Å². The minimum atomic E-state index is -0.502. The highest BCUT2D eigenvalue weighted by molar-refractivity contribution is 9.10. The molecule has 25 heavy (non-hydrogen) atoms. The number of methoxy groups -OCH3 is 1. The van der Waals surface area contributed by atoms with Crippen LogP contribution in [0.1, 0.15) is 18.5 Å². The normalized spacial score (nSPS) is 11.6. The number of amides is 1. The summed E-state index contributed by atoms with van der Waals surface area (Å²) < 4.78 is 6.03. The van der Waals surface area contributed by atoms with Gasteiger partial charge in [-0.15, -0.1) is 0 Å². The molecule has 0 aromatic heterocycles. The molecule has 1 atom stereocenters. The summed E-state index contributed by atoms with van der Waals surface area (Å²) in [6.45, 7) is 2.02. The maximum atomic E-state index is 12.0. The predicted octanol–water partition coefficient (Wildman–Crippen LogP) is 3.66. The van der Waals surface area contributed by atoms with E-state index in [0.29, 0.717) is 5.69 Å². The molecule has 2 aromatic carbocycles. The van der Waals surface area contributed by atoms with Crippen LogP contribution in [0, 0.1) is 10.1 Å². The van der Waals surface area contributed by atoms with Gasteiger partial charge in [-0.05, 0) is 46.6 Å². The molecule has 2 N–H and O–H groups in total. The lowest BCUT2D eigenvalue weighted by molar-refractivity contribution is -0.384. The smallest absolute Gasteiger partial charge is 0.271 e. The number of carbonyl (C=O) groups excluding carboxylic acids is 1. The molecule has 0 unspecified atom stereocenters. The van der Waals surface area contributed by atoms with Gasteiger partial charge in [0.15, 0.2) is 0 Å². The van der Waals surface area contributed by atoms with Crippen LogP contribution in [0.4, 0.5) is 11.4 Å². The first-order valence-electron chi connectivity index (χ1n) is 7.52. The SMILES string of the molecule is COc1ccc([C@H](C)NCC(=O)Nc2cccc([N+](=O)[O-])c2)cc1Br. The van der Waals surface area contributed by atoms with Gasteiger partial charge in [-0.25, -0.2) is 0 Å². The summed E-state index contributed by atoms with van der Waals surface area (Å²) in [5.41, 5.74) is 1.32. The first-order chi connectivity index (χ1) is 11.9. The van der Waals surface area contributed by atoms with Crippen molar-refractivity contribution in [1.82, 2.24) is 5.32 Å². The van der Waals surface area contributed by atoms with Gasteiger partial charge in [0.2, 0.25) is 5.91 Å². The Labute approximate surface area is 153 Å². The molecule has 1 amide bonds. The average Bonchev–Trinajstić information content (AvgIpc) is 2.59. The zero-order valence-corrected chi connectivity index (χ0v) is 15.4. The topological polar surface area (TPSA) is 93.5 Å². The van der Waals surface area contributed by atoms with Gasteiger partial charge in [-0.1, -0.05) is 12.1 Å². The number of non-ortho nitro benzene ring substituents is 1. The van der Waals surface area contributed by atoms with Crippen molar-refractivity contribution in [3.05, 3.63) is 62.6 Å². The molecule has 2 aromatic rings. The molecule has 0 heterocycles. The number of nitrogens with one attached hydrogen (secondary N) is 2. The summed E-state index contributed by atoms with van der Waals surface area (Å²) in [6.07, 6.45) is 0. The molecule has 0 saturated heterocycles. The molecule has 132 valence electrons. The van der Waals surface area contributed by atoms with E-state index in [0.717, 1.165) is 15.8 Å². The van der Waals surface area contributed by atoms with E-state index in [1.54, 1.807) is 13.2 Å². The van der Waals surface area contributed by atoms with Crippen molar-refractivity contribution in [2.24, 2.45) is 0 Å². The molecule has 0 saturated carbocycles. The van der Waals surface area contributed by atoms with Crippen LogP contribution in [-0.4, -0.2) is 24.5 Å².